The molecule has 2 rings (SSSR count). The molecule has 0 bridgehead atoms. The third-order valence-electron chi connectivity index (χ3n) is 2.76. The van der Waals surface area contributed by atoms with Crippen LogP contribution in [0.1, 0.15) is 25.1 Å². The van der Waals surface area contributed by atoms with Gasteiger partial charge >= 0.3 is 0 Å². The van der Waals surface area contributed by atoms with Crippen LogP contribution in [0.5, 0.6) is 0 Å². The van der Waals surface area contributed by atoms with Gasteiger partial charge in [0.05, 0.1) is 16.8 Å². The number of aromatic nitrogens is 3. The predicted molar refractivity (Wildman–Crippen MR) is 68.0 cm³/mol. The van der Waals surface area contributed by atoms with E-state index in [4.69, 9.17) is 0 Å². The zero-order valence-electron chi connectivity index (χ0n) is 10.9. The normalized spacial score (nSPS) is 11.6. The first-order valence-electron chi connectivity index (χ1n) is 5.69. The molecule has 0 atom stereocenters. The van der Waals surface area contributed by atoms with Crippen molar-refractivity contribution in [3.8, 4) is 5.69 Å². The Morgan fingerprint density at radius 2 is 2.11 bits per heavy atom. The van der Waals surface area contributed by atoms with E-state index in [2.05, 4.69) is 10.3 Å². The molecule has 0 aliphatic carbocycles. The topological polar surface area (TPSA) is 94.1 Å². The first kappa shape index (κ1) is 13.2. The summed E-state index contributed by atoms with van der Waals surface area (Å²) in [6, 6.07) is 4.67. The van der Waals surface area contributed by atoms with E-state index in [9.17, 15) is 15.2 Å². The van der Waals surface area contributed by atoms with Crippen molar-refractivity contribution >= 4 is 5.69 Å². The minimum atomic E-state index is -1.08. The summed E-state index contributed by atoms with van der Waals surface area (Å²) in [7, 11) is 0. The SMILES string of the molecule is Cc1cc(-n2cc(C(C)(C)O)nn2)ccc1[N+](=O)[O-]. The highest BCUT2D eigenvalue weighted by atomic mass is 16.6. The summed E-state index contributed by atoms with van der Waals surface area (Å²) < 4.78 is 1.48. The molecule has 0 spiro atoms. The largest absolute Gasteiger partial charge is 0.384 e. The molecule has 0 aliphatic rings. The molecule has 19 heavy (non-hydrogen) atoms. The van der Waals surface area contributed by atoms with E-state index in [1.165, 1.54) is 10.7 Å². The lowest BCUT2D eigenvalue weighted by molar-refractivity contribution is -0.385. The quantitative estimate of drug-likeness (QED) is 0.671. The van der Waals surface area contributed by atoms with Crippen molar-refractivity contribution in [3.05, 3.63) is 45.8 Å². The van der Waals surface area contributed by atoms with Crippen molar-refractivity contribution in [2.75, 3.05) is 0 Å². The number of hydrogen-bond acceptors (Lipinski definition) is 5. The fourth-order valence-electron chi connectivity index (χ4n) is 1.66. The maximum absolute atomic E-state index is 10.7. The van der Waals surface area contributed by atoms with Crippen LogP contribution >= 0.6 is 0 Å². The van der Waals surface area contributed by atoms with Gasteiger partial charge in [0.15, 0.2) is 0 Å². The Labute approximate surface area is 109 Å². The van der Waals surface area contributed by atoms with Crippen LogP contribution in [0.4, 0.5) is 5.69 Å². The molecule has 7 heteroatoms. The van der Waals surface area contributed by atoms with E-state index in [1.807, 2.05) is 0 Å². The van der Waals surface area contributed by atoms with Crippen molar-refractivity contribution in [3.63, 3.8) is 0 Å². The second-order valence-corrected chi connectivity index (χ2v) is 4.84. The van der Waals surface area contributed by atoms with Gasteiger partial charge in [-0.25, -0.2) is 4.68 Å². The zero-order valence-corrected chi connectivity index (χ0v) is 10.9. The van der Waals surface area contributed by atoms with Gasteiger partial charge < -0.3 is 5.11 Å². The Morgan fingerprint density at radius 1 is 1.42 bits per heavy atom. The lowest BCUT2D eigenvalue weighted by Gasteiger charge is -2.11. The lowest BCUT2D eigenvalue weighted by Crippen LogP contribution is -2.15. The molecular weight excluding hydrogens is 248 g/mol. The summed E-state index contributed by atoms with van der Waals surface area (Å²) in [5.41, 5.74) is 0.623. The maximum atomic E-state index is 10.7. The highest BCUT2D eigenvalue weighted by Gasteiger charge is 2.20. The van der Waals surface area contributed by atoms with Crippen LogP contribution < -0.4 is 0 Å². The fourth-order valence-corrected chi connectivity index (χ4v) is 1.66. The van der Waals surface area contributed by atoms with Crippen molar-refractivity contribution < 1.29 is 10.0 Å². The Hall–Kier alpha value is -2.28. The second kappa shape index (κ2) is 4.43. The zero-order chi connectivity index (χ0) is 14.2. The van der Waals surface area contributed by atoms with Crippen LogP contribution in [-0.4, -0.2) is 25.0 Å². The summed E-state index contributed by atoms with van der Waals surface area (Å²) in [6.45, 7) is 4.89. The van der Waals surface area contributed by atoms with Crippen molar-refractivity contribution in [2.45, 2.75) is 26.4 Å². The van der Waals surface area contributed by atoms with E-state index in [1.54, 1.807) is 39.1 Å². The van der Waals surface area contributed by atoms with Gasteiger partial charge in [-0.1, -0.05) is 5.21 Å². The summed E-state index contributed by atoms with van der Waals surface area (Å²) >= 11 is 0. The average molecular weight is 262 g/mol. The predicted octanol–water partition coefficient (Wildman–Crippen LogP) is 1.71. The summed E-state index contributed by atoms with van der Waals surface area (Å²) in [5, 5.41) is 28.3. The maximum Gasteiger partial charge on any atom is 0.272 e. The number of aryl methyl sites for hydroxylation is 1. The second-order valence-electron chi connectivity index (χ2n) is 4.84. The lowest BCUT2D eigenvalue weighted by atomic mass is 10.1. The number of nitro benzene ring substituents is 1. The number of rotatable bonds is 3. The van der Waals surface area contributed by atoms with Crippen LogP contribution in [0.2, 0.25) is 0 Å². The number of nitro groups is 1. The molecule has 0 aliphatic heterocycles. The third-order valence-corrected chi connectivity index (χ3v) is 2.76. The minimum absolute atomic E-state index is 0.0616. The fraction of sp³-hybridized carbons (Fsp3) is 0.333. The molecule has 0 unspecified atom stereocenters. The number of hydrogen-bond donors (Lipinski definition) is 1. The molecule has 1 aromatic heterocycles. The van der Waals surface area contributed by atoms with Crippen LogP contribution in [0.25, 0.3) is 5.69 Å². The van der Waals surface area contributed by atoms with Gasteiger partial charge in [-0.15, -0.1) is 5.10 Å². The van der Waals surface area contributed by atoms with Crippen LogP contribution in [0.3, 0.4) is 0 Å². The van der Waals surface area contributed by atoms with Gasteiger partial charge in [-0.3, -0.25) is 10.1 Å². The molecule has 0 fully saturated rings. The molecular formula is C12H14N4O3. The first-order chi connectivity index (χ1) is 8.79. The molecule has 7 nitrogen and oxygen atoms in total. The molecule has 1 aromatic carbocycles. The van der Waals surface area contributed by atoms with Gasteiger partial charge in [-0.2, -0.15) is 0 Å². The molecule has 1 heterocycles. The molecule has 0 radical (unpaired) electrons. The van der Waals surface area contributed by atoms with Crippen molar-refractivity contribution in [1.29, 1.82) is 0 Å². The van der Waals surface area contributed by atoms with Gasteiger partial charge in [0.25, 0.3) is 5.69 Å². The van der Waals surface area contributed by atoms with E-state index in [0.717, 1.165) is 0 Å². The van der Waals surface area contributed by atoms with Crippen LogP contribution in [0.15, 0.2) is 24.4 Å². The standard InChI is InChI=1S/C12H14N4O3/c1-8-6-9(4-5-10(8)16(18)19)15-7-11(13-14-15)12(2,3)17/h4-7,17H,1-3H3. The number of nitrogens with zero attached hydrogens (tertiary/aromatic N) is 4. The van der Waals surface area contributed by atoms with Crippen molar-refractivity contribution in [1.82, 2.24) is 15.0 Å². The molecule has 0 amide bonds. The van der Waals surface area contributed by atoms with E-state index in [-0.39, 0.29) is 5.69 Å². The summed E-state index contributed by atoms with van der Waals surface area (Å²) in [4.78, 5) is 10.3. The first-order valence-corrected chi connectivity index (χ1v) is 5.69. The number of aliphatic hydroxyl groups is 1. The van der Waals surface area contributed by atoms with Crippen LogP contribution in [-0.2, 0) is 5.60 Å². The minimum Gasteiger partial charge on any atom is -0.384 e. The molecule has 1 N–H and O–H groups in total. The molecule has 100 valence electrons. The summed E-state index contributed by atoms with van der Waals surface area (Å²) in [6.07, 6.45) is 1.60. The van der Waals surface area contributed by atoms with E-state index >= 15 is 0 Å². The number of benzene rings is 1. The van der Waals surface area contributed by atoms with E-state index < -0.39 is 10.5 Å². The van der Waals surface area contributed by atoms with Gasteiger partial charge in [0, 0.05) is 11.6 Å². The van der Waals surface area contributed by atoms with Gasteiger partial charge in [-0.05, 0) is 32.9 Å². The van der Waals surface area contributed by atoms with Crippen LogP contribution in [0, 0.1) is 17.0 Å². The Morgan fingerprint density at radius 3 is 2.58 bits per heavy atom. The molecule has 0 saturated heterocycles. The average Bonchev–Trinajstić information content (AvgIpc) is 2.76. The van der Waals surface area contributed by atoms with Gasteiger partial charge in [0.2, 0.25) is 0 Å². The van der Waals surface area contributed by atoms with E-state index in [0.29, 0.717) is 16.9 Å². The smallest absolute Gasteiger partial charge is 0.272 e. The Bertz CT molecular complexity index is 628. The summed E-state index contributed by atoms with van der Waals surface area (Å²) in [5.74, 6) is 0. The third kappa shape index (κ3) is 2.60. The highest BCUT2D eigenvalue weighted by molar-refractivity contribution is 5.47. The van der Waals surface area contributed by atoms with Crippen molar-refractivity contribution in [2.24, 2.45) is 0 Å². The molecule has 0 saturated carbocycles. The Balaban J connectivity index is 2.40. The highest BCUT2D eigenvalue weighted by Crippen LogP contribution is 2.22. The van der Waals surface area contributed by atoms with Gasteiger partial charge in [0.1, 0.15) is 11.3 Å². The monoisotopic (exact) mass is 262 g/mol. The molecule has 2 aromatic rings. The Kier molecular flexibility index (Phi) is 3.07.